The molecule has 1 aliphatic rings. The van der Waals surface area contributed by atoms with Crippen molar-refractivity contribution in [1.29, 1.82) is 0 Å². The van der Waals surface area contributed by atoms with Gasteiger partial charge >= 0.3 is 0 Å². The highest BCUT2D eigenvalue weighted by molar-refractivity contribution is 7.89. The van der Waals surface area contributed by atoms with Crippen molar-refractivity contribution >= 4 is 15.9 Å². The Morgan fingerprint density at radius 2 is 1.90 bits per heavy atom. The van der Waals surface area contributed by atoms with E-state index in [0.717, 1.165) is 17.6 Å². The van der Waals surface area contributed by atoms with Gasteiger partial charge in [0, 0.05) is 13.0 Å². The van der Waals surface area contributed by atoms with Gasteiger partial charge in [-0.3, -0.25) is 4.79 Å². The third-order valence-electron chi connectivity index (χ3n) is 5.74. The molecular formula is C23H32N2O3S. The number of allylic oxidation sites excluding steroid dienone is 1. The standard InChI is InChI=1S/C23H32N2O3S/c1-6-11-24-23(26)14-19-13-22(16(2)3)20(12-18(19)5)15-25-29(27,28)21-9-7-17(4)8-10-21/h1,7-10,12,16,19-20,22,25H,11,13-15H2,2-5H3,(H,24,26). The van der Waals surface area contributed by atoms with Crippen LogP contribution in [0.1, 0.15) is 39.2 Å². The molecule has 29 heavy (non-hydrogen) atoms. The second-order valence-electron chi connectivity index (χ2n) is 8.26. The monoisotopic (exact) mass is 416 g/mol. The molecule has 158 valence electrons. The summed E-state index contributed by atoms with van der Waals surface area (Å²) in [5, 5.41) is 2.73. The van der Waals surface area contributed by atoms with Crippen LogP contribution >= 0.6 is 0 Å². The van der Waals surface area contributed by atoms with Gasteiger partial charge in [-0.1, -0.05) is 49.1 Å². The Morgan fingerprint density at radius 1 is 1.24 bits per heavy atom. The molecule has 0 saturated carbocycles. The fourth-order valence-corrected chi connectivity index (χ4v) is 5.03. The second-order valence-corrected chi connectivity index (χ2v) is 10.0. The molecule has 3 atom stereocenters. The van der Waals surface area contributed by atoms with Crippen LogP contribution in [0.3, 0.4) is 0 Å². The largest absolute Gasteiger partial charge is 0.345 e. The van der Waals surface area contributed by atoms with Crippen molar-refractivity contribution in [2.24, 2.45) is 23.7 Å². The maximum absolute atomic E-state index is 12.7. The van der Waals surface area contributed by atoms with Gasteiger partial charge in [0.15, 0.2) is 0 Å². The summed E-state index contributed by atoms with van der Waals surface area (Å²) in [7, 11) is -3.55. The molecule has 6 heteroatoms. The number of hydrogen-bond acceptors (Lipinski definition) is 3. The average Bonchev–Trinajstić information content (AvgIpc) is 2.66. The summed E-state index contributed by atoms with van der Waals surface area (Å²) < 4.78 is 28.1. The number of nitrogens with one attached hydrogen (secondary N) is 2. The summed E-state index contributed by atoms with van der Waals surface area (Å²) in [6.45, 7) is 8.84. The molecule has 0 spiro atoms. The molecule has 1 aromatic carbocycles. The highest BCUT2D eigenvalue weighted by Gasteiger charge is 2.33. The second kappa shape index (κ2) is 10.1. The van der Waals surface area contributed by atoms with Gasteiger partial charge in [-0.05, 0) is 56.1 Å². The first-order valence-corrected chi connectivity index (χ1v) is 11.6. The summed E-state index contributed by atoms with van der Waals surface area (Å²) in [6, 6.07) is 6.85. The summed E-state index contributed by atoms with van der Waals surface area (Å²) in [5.41, 5.74) is 2.16. The quantitative estimate of drug-likeness (QED) is 0.504. The van der Waals surface area contributed by atoms with Crippen LogP contribution < -0.4 is 10.0 Å². The van der Waals surface area contributed by atoms with Crippen LogP contribution in [-0.2, 0) is 14.8 Å². The Hall–Kier alpha value is -2.10. The molecule has 2 N–H and O–H groups in total. The first-order chi connectivity index (χ1) is 13.6. The molecule has 5 nitrogen and oxygen atoms in total. The molecule has 0 aliphatic heterocycles. The van der Waals surface area contributed by atoms with Gasteiger partial charge in [-0.15, -0.1) is 6.42 Å². The van der Waals surface area contributed by atoms with Crippen LogP contribution in [0.4, 0.5) is 0 Å². The molecule has 0 aromatic heterocycles. The molecule has 0 heterocycles. The minimum Gasteiger partial charge on any atom is -0.345 e. The first kappa shape index (κ1) is 23.2. The van der Waals surface area contributed by atoms with Crippen molar-refractivity contribution in [2.75, 3.05) is 13.1 Å². The number of carbonyl (C=O) groups excluding carboxylic acids is 1. The van der Waals surface area contributed by atoms with Crippen molar-refractivity contribution < 1.29 is 13.2 Å². The molecule has 1 amide bonds. The average molecular weight is 417 g/mol. The van der Waals surface area contributed by atoms with E-state index in [4.69, 9.17) is 6.42 Å². The van der Waals surface area contributed by atoms with E-state index in [1.165, 1.54) is 0 Å². The minimum atomic E-state index is -3.55. The van der Waals surface area contributed by atoms with Crippen LogP contribution in [0, 0.1) is 42.9 Å². The van der Waals surface area contributed by atoms with Crippen LogP contribution in [0.2, 0.25) is 0 Å². The minimum absolute atomic E-state index is 0.0401. The highest BCUT2D eigenvalue weighted by Crippen LogP contribution is 2.38. The number of rotatable bonds is 8. The van der Waals surface area contributed by atoms with Gasteiger partial charge in [0.05, 0.1) is 11.4 Å². The molecule has 0 radical (unpaired) electrons. The lowest BCUT2D eigenvalue weighted by Crippen LogP contribution is -2.37. The maximum atomic E-state index is 12.7. The summed E-state index contributed by atoms with van der Waals surface area (Å²) in [4.78, 5) is 12.4. The van der Waals surface area contributed by atoms with Crippen molar-refractivity contribution in [3.05, 3.63) is 41.5 Å². The van der Waals surface area contributed by atoms with E-state index in [9.17, 15) is 13.2 Å². The number of terminal acetylenes is 1. The lowest BCUT2D eigenvalue weighted by molar-refractivity contribution is -0.121. The predicted molar refractivity (Wildman–Crippen MR) is 117 cm³/mol. The van der Waals surface area contributed by atoms with Gasteiger partial charge in [0.25, 0.3) is 0 Å². The van der Waals surface area contributed by atoms with E-state index in [2.05, 4.69) is 35.9 Å². The Balaban J connectivity index is 2.10. The number of amides is 1. The van der Waals surface area contributed by atoms with Crippen molar-refractivity contribution in [2.45, 2.75) is 45.4 Å². The molecule has 2 rings (SSSR count). The molecule has 1 aliphatic carbocycles. The first-order valence-electron chi connectivity index (χ1n) is 10.1. The predicted octanol–water partition coefficient (Wildman–Crippen LogP) is 3.27. The SMILES string of the molecule is C#CCNC(=O)CC1CC(C(C)C)C(CNS(=O)(=O)c2ccc(C)cc2)C=C1C. The molecule has 1 aromatic rings. The van der Waals surface area contributed by atoms with Crippen molar-refractivity contribution in [3.63, 3.8) is 0 Å². The van der Waals surface area contributed by atoms with Crippen LogP contribution in [0.15, 0.2) is 40.8 Å². The van der Waals surface area contributed by atoms with Gasteiger partial charge in [-0.2, -0.15) is 0 Å². The van der Waals surface area contributed by atoms with E-state index in [0.29, 0.717) is 24.8 Å². The number of sulfonamides is 1. The van der Waals surface area contributed by atoms with E-state index in [1.54, 1.807) is 24.3 Å². The third-order valence-corrected chi connectivity index (χ3v) is 7.18. The number of hydrogen-bond donors (Lipinski definition) is 2. The topological polar surface area (TPSA) is 75.3 Å². The molecule has 3 unspecified atom stereocenters. The normalized spacial score (nSPS) is 22.1. The molecule has 0 bridgehead atoms. The Kier molecular flexibility index (Phi) is 8.06. The van der Waals surface area contributed by atoms with Crippen LogP contribution in [-0.4, -0.2) is 27.4 Å². The Morgan fingerprint density at radius 3 is 2.48 bits per heavy atom. The van der Waals surface area contributed by atoms with E-state index in [1.807, 2.05) is 13.8 Å². The van der Waals surface area contributed by atoms with E-state index < -0.39 is 10.0 Å². The fourth-order valence-electron chi connectivity index (χ4n) is 3.96. The summed E-state index contributed by atoms with van der Waals surface area (Å²) in [6.07, 6.45) is 8.62. The van der Waals surface area contributed by atoms with E-state index >= 15 is 0 Å². The van der Waals surface area contributed by atoms with Gasteiger partial charge in [0.1, 0.15) is 0 Å². The maximum Gasteiger partial charge on any atom is 0.240 e. The van der Waals surface area contributed by atoms with Gasteiger partial charge in [0.2, 0.25) is 15.9 Å². The van der Waals surface area contributed by atoms with Crippen LogP contribution in [0.5, 0.6) is 0 Å². The van der Waals surface area contributed by atoms with Crippen LogP contribution in [0.25, 0.3) is 0 Å². The Bertz CT molecular complexity index is 880. The third kappa shape index (κ3) is 6.45. The van der Waals surface area contributed by atoms with Crippen molar-refractivity contribution in [3.8, 4) is 12.3 Å². The zero-order chi connectivity index (χ0) is 21.6. The zero-order valence-corrected chi connectivity index (χ0v) is 18.6. The van der Waals surface area contributed by atoms with E-state index in [-0.39, 0.29) is 29.2 Å². The van der Waals surface area contributed by atoms with Gasteiger partial charge in [-0.25, -0.2) is 13.1 Å². The Labute approximate surface area is 175 Å². The summed E-state index contributed by atoms with van der Waals surface area (Å²) in [5.74, 6) is 3.31. The zero-order valence-electron chi connectivity index (χ0n) is 17.7. The number of benzene rings is 1. The highest BCUT2D eigenvalue weighted by atomic mass is 32.2. The lowest BCUT2D eigenvalue weighted by Gasteiger charge is -2.37. The molecule has 0 fully saturated rings. The molecule has 0 saturated heterocycles. The smallest absolute Gasteiger partial charge is 0.240 e. The van der Waals surface area contributed by atoms with Crippen molar-refractivity contribution in [1.82, 2.24) is 10.0 Å². The fraction of sp³-hybridized carbons (Fsp3) is 0.522. The van der Waals surface area contributed by atoms with Gasteiger partial charge < -0.3 is 5.32 Å². The lowest BCUT2D eigenvalue weighted by atomic mass is 9.70. The number of aryl methyl sites for hydroxylation is 1. The molecular weight excluding hydrogens is 384 g/mol. The number of carbonyl (C=O) groups is 1. The summed E-state index contributed by atoms with van der Waals surface area (Å²) >= 11 is 0.